The van der Waals surface area contributed by atoms with E-state index >= 15 is 0 Å². The van der Waals surface area contributed by atoms with E-state index in [0.29, 0.717) is 0 Å². The van der Waals surface area contributed by atoms with E-state index in [2.05, 4.69) is 4.98 Å². The Kier molecular flexibility index (Phi) is 3.81. The maximum atomic E-state index is 12.6. The highest BCUT2D eigenvalue weighted by Crippen LogP contribution is 2.34. The van der Waals surface area contributed by atoms with Gasteiger partial charge in [0.25, 0.3) is 0 Å². The standard InChI is InChI=1S/C13H6ClF3N2O/c14-11-8(7-18)4-5-19-12(11)20-10-3-1-2-9(6-10)13(15,16)17/h1-6H. The summed E-state index contributed by atoms with van der Waals surface area (Å²) in [5, 5.41) is 8.74. The van der Waals surface area contributed by atoms with Crippen LogP contribution in [0.2, 0.25) is 5.02 Å². The largest absolute Gasteiger partial charge is 0.437 e. The molecule has 0 unspecified atom stereocenters. The van der Waals surface area contributed by atoms with E-state index < -0.39 is 11.7 Å². The van der Waals surface area contributed by atoms with Crippen LogP contribution in [-0.2, 0) is 6.18 Å². The van der Waals surface area contributed by atoms with Gasteiger partial charge in [-0.05, 0) is 24.3 Å². The first-order chi connectivity index (χ1) is 9.41. The van der Waals surface area contributed by atoms with Gasteiger partial charge in [-0.1, -0.05) is 17.7 Å². The molecule has 0 radical (unpaired) electrons. The van der Waals surface area contributed by atoms with Crippen LogP contribution in [0, 0.1) is 11.3 Å². The fraction of sp³-hybridized carbons (Fsp3) is 0.0769. The lowest BCUT2D eigenvalue weighted by Gasteiger charge is -2.10. The zero-order valence-electron chi connectivity index (χ0n) is 9.78. The molecule has 0 atom stereocenters. The molecular formula is C13H6ClF3N2O. The van der Waals surface area contributed by atoms with Gasteiger partial charge in [-0.15, -0.1) is 0 Å². The van der Waals surface area contributed by atoms with Crippen LogP contribution in [0.5, 0.6) is 11.6 Å². The molecule has 0 aliphatic heterocycles. The van der Waals surface area contributed by atoms with Gasteiger partial charge in [0.1, 0.15) is 16.8 Å². The number of ether oxygens (including phenoxy) is 1. The first kappa shape index (κ1) is 14.2. The Morgan fingerprint density at radius 1 is 1.25 bits per heavy atom. The molecule has 1 heterocycles. The highest BCUT2D eigenvalue weighted by Gasteiger charge is 2.30. The van der Waals surface area contributed by atoms with E-state index in [1.54, 1.807) is 0 Å². The van der Waals surface area contributed by atoms with Crippen LogP contribution in [0.4, 0.5) is 13.2 Å². The minimum Gasteiger partial charge on any atom is -0.437 e. The van der Waals surface area contributed by atoms with Crippen molar-refractivity contribution in [2.45, 2.75) is 6.18 Å². The van der Waals surface area contributed by atoms with E-state index in [-0.39, 0.29) is 22.2 Å². The predicted molar refractivity (Wildman–Crippen MR) is 65.5 cm³/mol. The molecular weight excluding hydrogens is 293 g/mol. The molecule has 0 amide bonds. The van der Waals surface area contributed by atoms with Crippen molar-refractivity contribution in [1.29, 1.82) is 5.26 Å². The molecule has 0 spiro atoms. The molecule has 0 N–H and O–H groups in total. The number of hydrogen-bond donors (Lipinski definition) is 0. The zero-order valence-corrected chi connectivity index (χ0v) is 10.5. The summed E-state index contributed by atoms with van der Waals surface area (Å²) in [7, 11) is 0. The molecule has 0 aliphatic rings. The van der Waals surface area contributed by atoms with Crippen molar-refractivity contribution >= 4 is 11.6 Å². The molecule has 0 bridgehead atoms. The van der Waals surface area contributed by atoms with Crippen molar-refractivity contribution in [2.75, 3.05) is 0 Å². The van der Waals surface area contributed by atoms with Crippen molar-refractivity contribution in [3.63, 3.8) is 0 Å². The number of hydrogen-bond acceptors (Lipinski definition) is 3. The fourth-order valence-corrected chi connectivity index (χ4v) is 1.62. The summed E-state index contributed by atoms with van der Waals surface area (Å²) in [6.45, 7) is 0. The third-order valence-corrected chi connectivity index (χ3v) is 2.72. The summed E-state index contributed by atoms with van der Waals surface area (Å²) in [6, 6.07) is 7.50. The van der Waals surface area contributed by atoms with E-state index in [9.17, 15) is 13.2 Å². The Hall–Kier alpha value is -2.26. The molecule has 2 aromatic rings. The van der Waals surface area contributed by atoms with Crippen molar-refractivity contribution in [1.82, 2.24) is 4.98 Å². The van der Waals surface area contributed by atoms with E-state index in [1.165, 1.54) is 24.4 Å². The van der Waals surface area contributed by atoms with E-state index in [0.717, 1.165) is 12.1 Å². The van der Waals surface area contributed by atoms with Gasteiger partial charge in [0.2, 0.25) is 5.88 Å². The minimum atomic E-state index is -4.47. The summed E-state index contributed by atoms with van der Waals surface area (Å²) >= 11 is 5.86. The lowest BCUT2D eigenvalue weighted by Crippen LogP contribution is -2.04. The lowest BCUT2D eigenvalue weighted by molar-refractivity contribution is -0.137. The SMILES string of the molecule is N#Cc1ccnc(Oc2cccc(C(F)(F)F)c2)c1Cl. The van der Waals surface area contributed by atoms with Crippen LogP contribution in [0.3, 0.4) is 0 Å². The molecule has 0 saturated heterocycles. The first-order valence-electron chi connectivity index (χ1n) is 5.31. The predicted octanol–water partition coefficient (Wildman–Crippen LogP) is 4.42. The second-order valence-corrected chi connectivity index (χ2v) is 4.10. The fourth-order valence-electron chi connectivity index (χ4n) is 1.43. The van der Waals surface area contributed by atoms with Gasteiger partial charge in [0.05, 0.1) is 11.1 Å². The Morgan fingerprint density at radius 3 is 2.65 bits per heavy atom. The summed E-state index contributed by atoms with van der Waals surface area (Å²) < 4.78 is 42.9. The number of aromatic nitrogens is 1. The van der Waals surface area contributed by atoms with Crippen molar-refractivity contribution in [2.24, 2.45) is 0 Å². The highest BCUT2D eigenvalue weighted by molar-refractivity contribution is 6.33. The Balaban J connectivity index is 2.34. The number of rotatable bonds is 2. The van der Waals surface area contributed by atoms with Crippen LogP contribution in [-0.4, -0.2) is 4.98 Å². The van der Waals surface area contributed by atoms with Gasteiger partial charge in [-0.3, -0.25) is 0 Å². The average Bonchev–Trinajstić information content (AvgIpc) is 2.40. The third-order valence-electron chi connectivity index (χ3n) is 2.35. The number of nitriles is 1. The van der Waals surface area contributed by atoms with Gasteiger partial charge >= 0.3 is 6.18 Å². The monoisotopic (exact) mass is 298 g/mol. The highest BCUT2D eigenvalue weighted by atomic mass is 35.5. The second kappa shape index (κ2) is 5.39. The van der Waals surface area contributed by atoms with Crippen LogP contribution in [0.25, 0.3) is 0 Å². The number of nitrogens with zero attached hydrogens (tertiary/aromatic N) is 2. The second-order valence-electron chi connectivity index (χ2n) is 3.72. The topological polar surface area (TPSA) is 45.9 Å². The van der Waals surface area contributed by atoms with Crippen molar-refractivity contribution in [3.05, 3.63) is 52.7 Å². The van der Waals surface area contributed by atoms with Crippen LogP contribution < -0.4 is 4.74 Å². The molecule has 20 heavy (non-hydrogen) atoms. The molecule has 2 rings (SSSR count). The Labute approximate surface area is 117 Å². The molecule has 0 aliphatic carbocycles. The molecule has 0 saturated carbocycles. The minimum absolute atomic E-state index is 0.0487. The normalized spacial score (nSPS) is 10.9. The van der Waals surface area contributed by atoms with Crippen molar-refractivity contribution < 1.29 is 17.9 Å². The van der Waals surface area contributed by atoms with Gasteiger partial charge in [0.15, 0.2) is 0 Å². The van der Waals surface area contributed by atoms with E-state index in [4.69, 9.17) is 21.6 Å². The van der Waals surface area contributed by atoms with Gasteiger partial charge in [-0.25, -0.2) is 4.98 Å². The number of benzene rings is 1. The summed E-state index contributed by atoms with van der Waals surface area (Å²) in [6.07, 6.45) is -3.18. The number of pyridine rings is 1. The molecule has 3 nitrogen and oxygen atoms in total. The smallest absolute Gasteiger partial charge is 0.416 e. The molecule has 7 heteroatoms. The van der Waals surface area contributed by atoms with Crippen LogP contribution >= 0.6 is 11.6 Å². The van der Waals surface area contributed by atoms with Gasteiger partial charge in [-0.2, -0.15) is 18.4 Å². The average molecular weight is 299 g/mol. The van der Waals surface area contributed by atoms with Crippen LogP contribution in [0.15, 0.2) is 36.5 Å². The molecule has 102 valence electrons. The first-order valence-corrected chi connectivity index (χ1v) is 5.69. The maximum Gasteiger partial charge on any atom is 0.416 e. The number of halogens is 4. The Bertz CT molecular complexity index is 680. The van der Waals surface area contributed by atoms with Crippen molar-refractivity contribution in [3.8, 4) is 17.7 Å². The van der Waals surface area contributed by atoms with Gasteiger partial charge < -0.3 is 4.74 Å². The lowest BCUT2D eigenvalue weighted by atomic mass is 10.2. The van der Waals surface area contributed by atoms with E-state index in [1.807, 2.05) is 6.07 Å². The summed E-state index contributed by atoms with van der Waals surface area (Å²) in [5.41, 5.74) is -0.716. The van der Waals surface area contributed by atoms with Crippen LogP contribution in [0.1, 0.15) is 11.1 Å². The Morgan fingerprint density at radius 2 is 2.00 bits per heavy atom. The molecule has 1 aromatic heterocycles. The molecule has 0 fully saturated rings. The van der Waals surface area contributed by atoms with Gasteiger partial charge in [0, 0.05) is 6.20 Å². The summed E-state index contributed by atoms with van der Waals surface area (Å²) in [5.74, 6) is -0.186. The summed E-state index contributed by atoms with van der Waals surface area (Å²) in [4.78, 5) is 3.79. The maximum absolute atomic E-state index is 12.6. The number of alkyl halides is 3. The molecule has 1 aromatic carbocycles. The quantitative estimate of drug-likeness (QED) is 0.824. The zero-order chi connectivity index (χ0) is 14.8. The third kappa shape index (κ3) is 3.00.